The van der Waals surface area contributed by atoms with E-state index in [2.05, 4.69) is 25.2 Å². The number of rotatable bonds is 4. The minimum absolute atomic E-state index is 0.0251. The zero-order chi connectivity index (χ0) is 14.8. The van der Waals surface area contributed by atoms with E-state index in [-0.39, 0.29) is 22.6 Å². The Balaban J connectivity index is 2.07. The van der Waals surface area contributed by atoms with Crippen LogP contribution in [0.4, 0.5) is 0 Å². The van der Waals surface area contributed by atoms with Gasteiger partial charge < -0.3 is 10.4 Å². The van der Waals surface area contributed by atoms with E-state index in [0.29, 0.717) is 11.6 Å². The molecule has 0 saturated carbocycles. The van der Waals surface area contributed by atoms with Crippen molar-refractivity contribution in [2.24, 2.45) is 0 Å². The van der Waals surface area contributed by atoms with Gasteiger partial charge in [0, 0.05) is 16.8 Å². The van der Waals surface area contributed by atoms with E-state index in [1.165, 1.54) is 23.1 Å². The molecule has 0 spiro atoms. The van der Waals surface area contributed by atoms with E-state index >= 15 is 0 Å². The zero-order valence-corrected chi connectivity index (χ0v) is 12.9. The maximum absolute atomic E-state index is 12.1. The summed E-state index contributed by atoms with van der Waals surface area (Å²) < 4.78 is 0. The Morgan fingerprint density at radius 3 is 2.80 bits per heavy atom. The Labute approximate surface area is 127 Å². The number of amides is 1. The van der Waals surface area contributed by atoms with Crippen LogP contribution in [0.5, 0.6) is 5.75 Å². The number of hydrogen-bond donors (Lipinski definition) is 2. The normalized spacial score (nSPS) is 11.3. The molecule has 2 rings (SSSR count). The van der Waals surface area contributed by atoms with Gasteiger partial charge in [0.15, 0.2) is 0 Å². The van der Waals surface area contributed by atoms with Crippen molar-refractivity contribution >= 4 is 28.8 Å². The van der Waals surface area contributed by atoms with Crippen molar-refractivity contribution in [1.82, 2.24) is 5.32 Å². The first-order valence-corrected chi connectivity index (χ1v) is 7.46. The number of phenolic OH excluding ortho intramolecular Hbond substituents is 1. The number of aromatic hydroxyl groups is 1. The summed E-state index contributed by atoms with van der Waals surface area (Å²) in [6.45, 7) is 4.64. The van der Waals surface area contributed by atoms with Crippen molar-refractivity contribution in [2.45, 2.75) is 19.3 Å². The molecule has 1 aromatic carbocycles. The van der Waals surface area contributed by atoms with Gasteiger partial charge in [0.1, 0.15) is 5.75 Å². The van der Waals surface area contributed by atoms with Gasteiger partial charge in [-0.1, -0.05) is 31.5 Å². The Morgan fingerprint density at radius 2 is 2.15 bits per heavy atom. The summed E-state index contributed by atoms with van der Waals surface area (Å²) in [7, 11) is 0. The van der Waals surface area contributed by atoms with Gasteiger partial charge in [-0.15, -0.1) is 11.3 Å². The highest BCUT2D eigenvalue weighted by Crippen LogP contribution is 2.27. The fraction of sp³-hybridized carbons (Fsp3) is 0.267. The van der Waals surface area contributed by atoms with Gasteiger partial charge in [0.25, 0.3) is 5.91 Å². The molecule has 3 nitrogen and oxygen atoms in total. The predicted molar refractivity (Wildman–Crippen MR) is 82.8 cm³/mol. The van der Waals surface area contributed by atoms with E-state index in [0.717, 1.165) is 0 Å². The number of thiophene rings is 1. The van der Waals surface area contributed by atoms with Crippen molar-refractivity contribution in [3.05, 3.63) is 51.2 Å². The molecule has 2 N–H and O–H groups in total. The summed E-state index contributed by atoms with van der Waals surface area (Å²) in [5.74, 6) is -0.257. The van der Waals surface area contributed by atoms with E-state index in [1.54, 1.807) is 11.3 Å². The van der Waals surface area contributed by atoms with Gasteiger partial charge in [-0.2, -0.15) is 0 Å². The minimum Gasteiger partial charge on any atom is -0.508 e. The van der Waals surface area contributed by atoms with Gasteiger partial charge in [-0.25, -0.2) is 0 Å². The smallest absolute Gasteiger partial charge is 0.252 e. The molecule has 0 aliphatic heterocycles. The van der Waals surface area contributed by atoms with E-state index < -0.39 is 0 Å². The van der Waals surface area contributed by atoms with Crippen molar-refractivity contribution in [3.8, 4) is 5.75 Å². The van der Waals surface area contributed by atoms with Gasteiger partial charge in [-0.3, -0.25) is 4.79 Å². The first-order valence-electron chi connectivity index (χ1n) is 6.21. The molecule has 1 amide bonds. The van der Waals surface area contributed by atoms with Crippen molar-refractivity contribution in [1.29, 1.82) is 0 Å². The highest BCUT2D eigenvalue weighted by molar-refractivity contribution is 7.10. The number of halogens is 1. The molecule has 5 heteroatoms. The number of hydrogen-bond acceptors (Lipinski definition) is 3. The van der Waals surface area contributed by atoms with Crippen LogP contribution < -0.4 is 5.32 Å². The second-order valence-corrected chi connectivity index (χ2v) is 6.56. The molecular formula is C15H16ClNO2S. The van der Waals surface area contributed by atoms with Crippen LogP contribution in [0.3, 0.4) is 0 Å². The van der Waals surface area contributed by atoms with Crippen molar-refractivity contribution in [3.63, 3.8) is 0 Å². The Hall–Kier alpha value is -1.52. The summed E-state index contributed by atoms with van der Waals surface area (Å²) >= 11 is 7.64. The van der Waals surface area contributed by atoms with Crippen molar-refractivity contribution < 1.29 is 9.90 Å². The average molecular weight is 310 g/mol. The monoisotopic (exact) mass is 309 g/mol. The molecule has 0 saturated heterocycles. The van der Waals surface area contributed by atoms with E-state index in [9.17, 15) is 9.90 Å². The van der Waals surface area contributed by atoms with Crippen LogP contribution in [-0.4, -0.2) is 17.6 Å². The Kier molecular flexibility index (Phi) is 4.35. The third-order valence-corrected chi connectivity index (χ3v) is 4.64. The van der Waals surface area contributed by atoms with E-state index in [1.807, 2.05) is 11.4 Å². The Bertz CT molecular complexity index is 608. The molecular weight excluding hydrogens is 294 g/mol. The first-order chi connectivity index (χ1) is 9.40. The first kappa shape index (κ1) is 14.9. The van der Waals surface area contributed by atoms with Gasteiger partial charge in [0.05, 0.1) is 10.6 Å². The lowest BCUT2D eigenvalue weighted by atomic mass is 9.91. The molecule has 0 aliphatic carbocycles. The molecule has 1 heterocycles. The summed E-state index contributed by atoms with van der Waals surface area (Å²) in [6, 6.07) is 8.38. The third kappa shape index (κ3) is 3.32. The van der Waals surface area contributed by atoms with Crippen LogP contribution in [0, 0.1) is 0 Å². The highest BCUT2D eigenvalue weighted by atomic mass is 35.5. The average Bonchev–Trinajstić information content (AvgIpc) is 2.93. The maximum Gasteiger partial charge on any atom is 0.252 e. The minimum atomic E-state index is -0.282. The Morgan fingerprint density at radius 1 is 1.40 bits per heavy atom. The molecule has 2 aromatic rings. The second kappa shape index (κ2) is 5.85. The summed E-state index contributed by atoms with van der Waals surface area (Å²) in [4.78, 5) is 13.3. The number of benzene rings is 1. The molecule has 1 aromatic heterocycles. The molecule has 0 fully saturated rings. The largest absolute Gasteiger partial charge is 0.508 e. The second-order valence-electron chi connectivity index (χ2n) is 5.21. The van der Waals surface area contributed by atoms with Gasteiger partial charge in [-0.05, 0) is 29.6 Å². The fourth-order valence-corrected chi connectivity index (χ4v) is 2.89. The molecule has 0 bridgehead atoms. The highest BCUT2D eigenvalue weighted by Gasteiger charge is 2.23. The maximum atomic E-state index is 12.1. The van der Waals surface area contributed by atoms with E-state index in [4.69, 9.17) is 11.6 Å². The van der Waals surface area contributed by atoms with Gasteiger partial charge in [0.2, 0.25) is 0 Å². The quantitative estimate of drug-likeness (QED) is 0.902. The predicted octanol–water partition coefficient (Wildman–Crippen LogP) is 3.81. The van der Waals surface area contributed by atoms with Crippen LogP contribution >= 0.6 is 22.9 Å². The molecule has 0 aliphatic rings. The van der Waals surface area contributed by atoms with Crippen LogP contribution in [0.1, 0.15) is 29.1 Å². The van der Waals surface area contributed by atoms with Crippen LogP contribution in [-0.2, 0) is 5.41 Å². The number of carbonyl (C=O) groups excluding carboxylic acids is 1. The lowest BCUT2D eigenvalue weighted by molar-refractivity contribution is 0.0945. The molecule has 20 heavy (non-hydrogen) atoms. The number of phenols is 1. The fourth-order valence-electron chi connectivity index (χ4n) is 1.83. The van der Waals surface area contributed by atoms with Crippen LogP contribution in [0.15, 0.2) is 35.7 Å². The van der Waals surface area contributed by atoms with Crippen LogP contribution in [0.25, 0.3) is 0 Å². The van der Waals surface area contributed by atoms with Crippen molar-refractivity contribution in [2.75, 3.05) is 6.54 Å². The molecule has 106 valence electrons. The molecule has 0 atom stereocenters. The lowest BCUT2D eigenvalue weighted by Crippen LogP contribution is -2.36. The third-order valence-electron chi connectivity index (χ3n) is 3.07. The topological polar surface area (TPSA) is 49.3 Å². The van der Waals surface area contributed by atoms with Gasteiger partial charge >= 0.3 is 0 Å². The number of nitrogens with one attached hydrogen (secondary N) is 1. The number of carbonyl (C=O) groups is 1. The molecule has 0 unspecified atom stereocenters. The van der Waals surface area contributed by atoms with Crippen LogP contribution in [0.2, 0.25) is 5.02 Å². The lowest BCUT2D eigenvalue weighted by Gasteiger charge is -2.23. The summed E-state index contributed by atoms with van der Waals surface area (Å²) in [6.07, 6.45) is 0. The standard InChI is InChI=1S/C15H16ClNO2S/c1-15(2,13-4-3-7-20-13)9-17-14(19)11-8-10(18)5-6-12(11)16/h3-8,18H,9H2,1-2H3,(H,17,19). The zero-order valence-electron chi connectivity index (χ0n) is 11.3. The molecule has 0 radical (unpaired) electrons. The SMILES string of the molecule is CC(C)(CNC(=O)c1cc(O)ccc1Cl)c1cccs1. The summed E-state index contributed by atoms with van der Waals surface area (Å²) in [5, 5.41) is 14.6. The summed E-state index contributed by atoms with van der Waals surface area (Å²) in [5.41, 5.74) is 0.140.